The molecule has 2 amide bonds. The van der Waals surface area contributed by atoms with Gasteiger partial charge in [0, 0.05) is 25.0 Å². The summed E-state index contributed by atoms with van der Waals surface area (Å²) in [5.41, 5.74) is 0. The number of carbonyl (C=O) groups excluding carboxylic acids is 1. The lowest BCUT2D eigenvalue weighted by Crippen LogP contribution is -2.52. The number of amides is 2. The second-order valence-corrected chi connectivity index (χ2v) is 6.75. The van der Waals surface area contributed by atoms with E-state index in [1.807, 2.05) is 4.90 Å². The summed E-state index contributed by atoms with van der Waals surface area (Å²) in [6, 6.07) is 0.370. The number of piperidine rings is 1. The van der Waals surface area contributed by atoms with Gasteiger partial charge >= 0.3 is 12.0 Å². The molecule has 120 valence electrons. The van der Waals surface area contributed by atoms with Gasteiger partial charge in [0.15, 0.2) is 0 Å². The van der Waals surface area contributed by atoms with Crippen molar-refractivity contribution in [2.45, 2.75) is 70.9 Å². The van der Waals surface area contributed by atoms with E-state index in [-0.39, 0.29) is 24.5 Å². The fourth-order valence-electron chi connectivity index (χ4n) is 3.67. The fraction of sp³-hybridized carbons (Fsp3) is 0.875. The molecule has 1 saturated heterocycles. The van der Waals surface area contributed by atoms with Gasteiger partial charge in [0.2, 0.25) is 0 Å². The van der Waals surface area contributed by atoms with Crippen LogP contribution in [0.25, 0.3) is 0 Å². The predicted octanol–water partition coefficient (Wildman–Crippen LogP) is 2.85. The predicted molar refractivity (Wildman–Crippen MR) is 81.1 cm³/mol. The number of hydrogen-bond donors (Lipinski definition) is 2. The van der Waals surface area contributed by atoms with E-state index in [2.05, 4.69) is 19.2 Å². The molecule has 2 fully saturated rings. The van der Waals surface area contributed by atoms with Crippen molar-refractivity contribution in [3.63, 3.8) is 0 Å². The minimum atomic E-state index is -0.779. The van der Waals surface area contributed by atoms with Gasteiger partial charge in [-0.1, -0.05) is 13.8 Å². The molecular weight excluding hydrogens is 268 g/mol. The Morgan fingerprint density at radius 3 is 2.57 bits per heavy atom. The van der Waals surface area contributed by atoms with Gasteiger partial charge in [0.05, 0.1) is 0 Å². The minimum Gasteiger partial charge on any atom is -0.481 e. The molecular formula is C16H28N2O3. The zero-order chi connectivity index (χ0) is 15.4. The van der Waals surface area contributed by atoms with Crippen molar-refractivity contribution in [2.75, 3.05) is 6.54 Å². The normalized spacial score (nSPS) is 33.0. The molecule has 0 aromatic carbocycles. The van der Waals surface area contributed by atoms with Crippen molar-refractivity contribution in [1.82, 2.24) is 10.2 Å². The zero-order valence-corrected chi connectivity index (χ0v) is 13.2. The lowest BCUT2D eigenvalue weighted by molar-refractivity contribution is -0.137. The summed E-state index contributed by atoms with van der Waals surface area (Å²) < 4.78 is 0. The molecule has 1 saturated carbocycles. The van der Waals surface area contributed by atoms with Crippen molar-refractivity contribution < 1.29 is 14.7 Å². The molecule has 2 aliphatic rings. The lowest BCUT2D eigenvalue weighted by atomic mass is 9.97. The van der Waals surface area contributed by atoms with E-state index >= 15 is 0 Å². The highest BCUT2D eigenvalue weighted by molar-refractivity contribution is 5.75. The van der Waals surface area contributed by atoms with Gasteiger partial charge in [0.25, 0.3) is 0 Å². The number of rotatable bonds is 4. The first-order chi connectivity index (χ1) is 9.99. The van der Waals surface area contributed by atoms with E-state index in [0.29, 0.717) is 18.3 Å². The number of aliphatic carboxylic acids is 1. The second-order valence-electron chi connectivity index (χ2n) is 6.75. The van der Waals surface area contributed by atoms with E-state index < -0.39 is 5.97 Å². The van der Waals surface area contributed by atoms with Crippen LogP contribution in [0, 0.1) is 11.8 Å². The summed E-state index contributed by atoms with van der Waals surface area (Å²) in [6.45, 7) is 5.21. The van der Waals surface area contributed by atoms with Gasteiger partial charge in [-0.25, -0.2) is 4.79 Å². The van der Waals surface area contributed by atoms with E-state index in [1.165, 1.54) is 6.42 Å². The third-order valence-electron chi connectivity index (χ3n) is 5.35. The van der Waals surface area contributed by atoms with Gasteiger partial charge in [0.1, 0.15) is 0 Å². The van der Waals surface area contributed by atoms with Crippen LogP contribution in [-0.4, -0.2) is 40.6 Å². The van der Waals surface area contributed by atoms with Crippen LogP contribution in [0.3, 0.4) is 0 Å². The van der Waals surface area contributed by atoms with Gasteiger partial charge in [-0.2, -0.15) is 0 Å². The minimum absolute atomic E-state index is 0.0102. The van der Waals surface area contributed by atoms with Gasteiger partial charge in [-0.05, 0) is 50.4 Å². The van der Waals surface area contributed by atoms with Crippen molar-refractivity contribution in [2.24, 2.45) is 11.8 Å². The SMILES string of the molecule is CC1CCC(NC(=O)N2CCCCC2CCC(=O)O)C1C. The van der Waals surface area contributed by atoms with E-state index in [4.69, 9.17) is 5.11 Å². The molecule has 0 radical (unpaired) electrons. The third-order valence-corrected chi connectivity index (χ3v) is 5.35. The Bertz CT molecular complexity index is 386. The molecule has 5 nitrogen and oxygen atoms in total. The molecule has 0 aromatic rings. The fourth-order valence-corrected chi connectivity index (χ4v) is 3.67. The van der Waals surface area contributed by atoms with Gasteiger partial charge in [-0.3, -0.25) is 4.79 Å². The highest BCUT2D eigenvalue weighted by Crippen LogP contribution is 2.31. The standard InChI is InChI=1S/C16H28N2O3/c1-11-6-8-14(12(11)2)17-16(21)18-10-4-3-5-13(18)7-9-15(19)20/h11-14H,3-10H2,1-2H3,(H,17,21)(H,19,20). The summed E-state index contributed by atoms with van der Waals surface area (Å²) in [4.78, 5) is 25.2. The highest BCUT2D eigenvalue weighted by atomic mass is 16.4. The Balaban J connectivity index is 1.90. The topological polar surface area (TPSA) is 69.6 Å². The van der Waals surface area contributed by atoms with Crippen LogP contribution in [0.5, 0.6) is 0 Å². The van der Waals surface area contributed by atoms with Crippen molar-refractivity contribution in [1.29, 1.82) is 0 Å². The maximum absolute atomic E-state index is 12.5. The summed E-state index contributed by atoms with van der Waals surface area (Å²) in [6.07, 6.45) is 5.98. The zero-order valence-electron chi connectivity index (χ0n) is 13.2. The van der Waals surface area contributed by atoms with Gasteiger partial charge < -0.3 is 15.3 Å². The van der Waals surface area contributed by atoms with Crippen molar-refractivity contribution in [3.8, 4) is 0 Å². The second kappa shape index (κ2) is 7.14. The first-order valence-corrected chi connectivity index (χ1v) is 8.28. The van der Waals surface area contributed by atoms with Crippen molar-refractivity contribution >= 4 is 12.0 Å². The number of carbonyl (C=O) groups is 2. The average Bonchev–Trinajstić information content (AvgIpc) is 2.77. The molecule has 2 rings (SSSR count). The van der Waals surface area contributed by atoms with Crippen LogP contribution in [0.1, 0.15) is 58.8 Å². The molecule has 5 heteroatoms. The summed E-state index contributed by atoms with van der Waals surface area (Å²) >= 11 is 0. The number of carboxylic acid groups (broad SMARTS) is 1. The Labute approximate surface area is 127 Å². The molecule has 0 spiro atoms. The van der Waals surface area contributed by atoms with E-state index in [1.54, 1.807) is 0 Å². The molecule has 2 N–H and O–H groups in total. The van der Waals surface area contributed by atoms with Crippen LogP contribution >= 0.6 is 0 Å². The number of carboxylic acids is 1. The number of likely N-dealkylation sites (tertiary alicyclic amines) is 1. The first-order valence-electron chi connectivity index (χ1n) is 8.28. The lowest BCUT2D eigenvalue weighted by Gasteiger charge is -2.37. The van der Waals surface area contributed by atoms with Crippen molar-refractivity contribution in [3.05, 3.63) is 0 Å². The maximum Gasteiger partial charge on any atom is 0.317 e. The van der Waals surface area contributed by atoms with Crippen LogP contribution in [0.15, 0.2) is 0 Å². The largest absolute Gasteiger partial charge is 0.481 e. The first kappa shape index (κ1) is 16.1. The van der Waals surface area contributed by atoms with Crippen LogP contribution in [0.2, 0.25) is 0 Å². The molecule has 4 unspecified atom stereocenters. The Hall–Kier alpha value is -1.26. The number of nitrogens with zero attached hydrogens (tertiary/aromatic N) is 1. The van der Waals surface area contributed by atoms with E-state index in [9.17, 15) is 9.59 Å². The Kier molecular flexibility index (Phi) is 5.48. The Morgan fingerprint density at radius 2 is 1.95 bits per heavy atom. The van der Waals surface area contributed by atoms with Crippen LogP contribution in [-0.2, 0) is 4.79 Å². The van der Waals surface area contributed by atoms with Crippen LogP contribution in [0.4, 0.5) is 4.79 Å². The molecule has 1 heterocycles. The number of nitrogens with one attached hydrogen (secondary N) is 1. The third kappa shape index (κ3) is 4.11. The summed E-state index contributed by atoms with van der Waals surface area (Å²) in [5.74, 6) is 0.412. The number of hydrogen-bond acceptors (Lipinski definition) is 2. The highest BCUT2D eigenvalue weighted by Gasteiger charge is 2.33. The Morgan fingerprint density at radius 1 is 1.19 bits per heavy atom. The molecule has 0 bridgehead atoms. The molecule has 1 aliphatic heterocycles. The summed E-state index contributed by atoms with van der Waals surface area (Å²) in [7, 11) is 0. The van der Waals surface area contributed by atoms with Gasteiger partial charge in [-0.15, -0.1) is 0 Å². The maximum atomic E-state index is 12.5. The monoisotopic (exact) mass is 296 g/mol. The number of urea groups is 1. The molecule has 21 heavy (non-hydrogen) atoms. The molecule has 1 aliphatic carbocycles. The van der Waals surface area contributed by atoms with Crippen LogP contribution < -0.4 is 5.32 Å². The summed E-state index contributed by atoms with van der Waals surface area (Å²) in [5, 5.41) is 12.0. The quantitative estimate of drug-likeness (QED) is 0.838. The molecule has 0 aromatic heterocycles. The van der Waals surface area contributed by atoms with E-state index in [0.717, 1.165) is 32.2 Å². The average molecular weight is 296 g/mol. The molecule has 4 atom stereocenters. The smallest absolute Gasteiger partial charge is 0.317 e.